The average Bonchev–Trinajstić information content (AvgIpc) is 2.62. The van der Waals surface area contributed by atoms with E-state index < -0.39 is 21.7 Å². The molecule has 0 spiro atoms. The first-order valence-electron chi connectivity index (χ1n) is 9.81. The van der Waals surface area contributed by atoms with Crippen LogP contribution in [0.3, 0.4) is 0 Å². The highest BCUT2D eigenvalue weighted by Crippen LogP contribution is 2.26. The lowest BCUT2D eigenvalue weighted by Crippen LogP contribution is -2.44. The zero-order valence-corrected chi connectivity index (χ0v) is 17.4. The van der Waals surface area contributed by atoms with E-state index in [4.69, 9.17) is 18.8 Å². The molecule has 0 radical (unpaired) electrons. The number of hydrogen-bond donors (Lipinski definition) is 1. The van der Waals surface area contributed by atoms with Gasteiger partial charge in [-0.15, -0.1) is 0 Å². The summed E-state index contributed by atoms with van der Waals surface area (Å²) in [6.07, 6.45) is 7.51. The smallest absolute Gasteiger partial charge is 0.267 e. The molecule has 1 aromatic rings. The molecule has 0 saturated carbocycles. The summed E-state index contributed by atoms with van der Waals surface area (Å²) in [6, 6.07) is 9.39. The van der Waals surface area contributed by atoms with E-state index in [2.05, 4.69) is 6.92 Å². The molecule has 0 aromatic heterocycles. The Hall–Kier alpha value is -1.15. The summed E-state index contributed by atoms with van der Waals surface area (Å²) < 4.78 is 48.2. The molecule has 27 heavy (non-hydrogen) atoms. The number of rotatable bonds is 16. The van der Waals surface area contributed by atoms with Crippen molar-refractivity contribution in [3.05, 3.63) is 30.3 Å². The molecule has 0 saturated heterocycles. The zero-order valence-electron chi connectivity index (χ0n) is 16.6. The molecule has 1 N–H and O–H groups in total. The number of benzene rings is 1. The zero-order chi connectivity index (χ0) is 20.0. The lowest BCUT2D eigenvalue weighted by atomic mass is 10.0. The summed E-state index contributed by atoms with van der Waals surface area (Å²) in [6.45, 7) is 4.52. The summed E-state index contributed by atoms with van der Waals surface area (Å²) >= 11 is 0. The Morgan fingerprint density at radius 3 is 2.30 bits per heavy atom. The van der Waals surface area contributed by atoms with Crippen molar-refractivity contribution in [2.45, 2.75) is 64.6 Å². The fourth-order valence-corrected chi connectivity index (χ4v) is 3.16. The molecule has 6 nitrogen and oxygen atoms in total. The van der Waals surface area contributed by atoms with Crippen molar-refractivity contribution in [2.75, 3.05) is 25.6 Å². The molecule has 0 aliphatic carbocycles. The van der Waals surface area contributed by atoms with Crippen LogP contribution in [0.2, 0.25) is 0 Å². The van der Waals surface area contributed by atoms with Gasteiger partial charge in [0.25, 0.3) is 10.1 Å². The maximum Gasteiger partial charge on any atom is 0.267 e. The molecular formula is C20H34O6S. The number of unbranched alkanes of at least 4 members (excludes halogenated alkanes) is 5. The first kappa shape index (κ1) is 23.9. The van der Waals surface area contributed by atoms with Gasteiger partial charge >= 0.3 is 0 Å². The van der Waals surface area contributed by atoms with E-state index in [-0.39, 0.29) is 13.2 Å². The van der Waals surface area contributed by atoms with Gasteiger partial charge in [-0.05, 0) is 25.5 Å². The Balaban J connectivity index is 2.69. The van der Waals surface area contributed by atoms with Gasteiger partial charge in [0.2, 0.25) is 5.79 Å². The van der Waals surface area contributed by atoms with Crippen LogP contribution >= 0.6 is 0 Å². The van der Waals surface area contributed by atoms with Gasteiger partial charge in [0.15, 0.2) is 0 Å². The highest BCUT2D eigenvalue weighted by molar-refractivity contribution is 7.85. The fourth-order valence-electron chi connectivity index (χ4n) is 2.83. The summed E-state index contributed by atoms with van der Waals surface area (Å²) in [4.78, 5) is 0. The Bertz CT molecular complexity index is 590. The van der Waals surface area contributed by atoms with Crippen molar-refractivity contribution < 1.29 is 27.2 Å². The lowest BCUT2D eigenvalue weighted by Gasteiger charge is -2.34. The molecular weight excluding hydrogens is 368 g/mol. The van der Waals surface area contributed by atoms with Crippen LogP contribution in [0, 0.1) is 0 Å². The van der Waals surface area contributed by atoms with E-state index in [0.29, 0.717) is 18.8 Å². The van der Waals surface area contributed by atoms with Gasteiger partial charge in [-0.25, -0.2) is 0 Å². The molecule has 0 aliphatic rings. The molecule has 1 atom stereocenters. The third-order valence-corrected chi connectivity index (χ3v) is 4.86. The van der Waals surface area contributed by atoms with Gasteiger partial charge in [-0.2, -0.15) is 8.42 Å². The molecule has 0 bridgehead atoms. The van der Waals surface area contributed by atoms with E-state index in [1.54, 1.807) is 0 Å². The van der Waals surface area contributed by atoms with Crippen LogP contribution in [-0.2, 0) is 19.6 Å². The minimum atomic E-state index is -4.05. The van der Waals surface area contributed by atoms with Crippen molar-refractivity contribution in [1.82, 2.24) is 0 Å². The fraction of sp³-hybridized carbons (Fsp3) is 0.700. The molecule has 1 aromatic carbocycles. The molecule has 156 valence electrons. The van der Waals surface area contributed by atoms with Crippen LogP contribution in [0.5, 0.6) is 5.75 Å². The van der Waals surface area contributed by atoms with Crippen molar-refractivity contribution in [2.24, 2.45) is 0 Å². The van der Waals surface area contributed by atoms with Gasteiger partial charge in [-0.3, -0.25) is 4.55 Å². The van der Waals surface area contributed by atoms with Crippen molar-refractivity contribution in [3.8, 4) is 5.75 Å². The molecule has 0 heterocycles. The topological polar surface area (TPSA) is 82.1 Å². The summed E-state index contributed by atoms with van der Waals surface area (Å²) in [5, 5.41) is 0. The van der Waals surface area contributed by atoms with Gasteiger partial charge < -0.3 is 14.2 Å². The van der Waals surface area contributed by atoms with Gasteiger partial charge in [0.1, 0.15) is 12.4 Å². The number of para-hydroxylation sites is 1. The third kappa shape index (κ3) is 11.3. The van der Waals surface area contributed by atoms with Gasteiger partial charge in [0.05, 0.1) is 12.4 Å². The minimum Gasteiger partial charge on any atom is -0.460 e. The minimum absolute atomic E-state index is 0.0974. The van der Waals surface area contributed by atoms with Crippen molar-refractivity contribution in [3.63, 3.8) is 0 Å². The second-order valence-electron chi connectivity index (χ2n) is 6.62. The van der Waals surface area contributed by atoms with E-state index in [0.717, 1.165) is 12.8 Å². The summed E-state index contributed by atoms with van der Waals surface area (Å²) in [5.41, 5.74) is 0. The quantitative estimate of drug-likeness (QED) is 0.250. The average molecular weight is 403 g/mol. The Labute approximate surface area is 164 Å². The van der Waals surface area contributed by atoms with E-state index in [9.17, 15) is 8.42 Å². The Morgan fingerprint density at radius 2 is 1.67 bits per heavy atom. The molecule has 7 heteroatoms. The normalized spacial score (nSPS) is 14.0. The predicted octanol–water partition coefficient (Wildman–Crippen LogP) is 4.45. The Morgan fingerprint density at radius 1 is 1.00 bits per heavy atom. The van der Waals surface area contributed by atoms with Crippen LogP contribution in [0.4, 0.5) is 0 Å². The largest absolute Gasteiger partial charge is 0.460 e. The van der Waals surface area contributed by atoms with Crippen LogP contribution in [0.25, 0.3) is 0 Å². The molecule has 0 fully saturated rings. The molecule has 1 unspecified atom stereocenters. The highest BCUT2D eigenvalue weighted by atomic mass is 32.2. The monoisotopic (exact) mass is 402 g/mol. The number of hydrogen-bond acceptors (Lipinski definition) is 5. The lowest BCUT2D eigenvalue weighted by molar-refractivity contribution is -0.215. The standard InChI is InChI=1S/C20H34O6S/c1-3-5-6-7-8-12-15-20(25-4-2,18-24-16-17-27(21,22)23)26-19-13-10-9-11-14-19/h9-11,13-14H,3-8,12,15-18H2,1-2H3,(H,21,22,23). The summed E-state index contributed by atoms with van der Waals surface area (Å²) in [7, 11) is -4.05. The highest BCUT2D eigenvalue weighted by Gasteiger charge is 2.33. The molecule has 0 aliphatic heterocycles. The number of ether oxygens (including phenoxy) is 3. The van der Waals surface area contributed by atoms with Gasteiger partial charge in [0, 0.05) is 13.0 Å². The van der Waals surface area contributed by atoms with Crippen molar-refractivity contribution in [1.29, 1.82) is 0 Å². The van der Waals surface area contributed by atoms with Crippen LogP contribution in [0.15, 0.2) is 30.3 Å². The maximum atomic E-state index is 10.9. The second kappa shape index (κ2) is 13.1. The van der Waals surface area contributed by atoms with Gasteiger partial charge in [-0.1, -0.05) is 57.2 Å². The summed E-state index contributed by atoms with van der Waals surface area (Å²) in [5.74, 6) is -0.743. The van der Waals surface area contributed by atoms with E-state index in [1.807, 2.05) is 37.3 Å². The SMILES string of the molecule is CCCCCCCCC(COCCS(=O)(=O)O)(OCC)Oc1ccccc1. The maximum absolute atomic E-state index is 10.9. The van der Waals surface area contributed by atoms with Crippen LogP contribution < -0.4 is 4.74 Å². The first-order valence-corrected chi connectivity index (χ1v) is 11.4. The van der Waals surface area contributed by atoms with E-state index in [1.165, 1.54) is 25.7 Å². The molecule has 1 rings (SSSR count). The predicted molar refractivity (Wildman–Crippen MR) is 107 cm³/mol. The first-order chi connectivity index (χ1) is 12.9. The molecule has 0 amide bonds. The van der Waals surface area contributed by atoms with Crippen molar-refractivity contribution >= 4 is 10.1 Å². The van der Waals surface area contributed by atoms with E-state index >= 15 is 0 Å². The van der Waals surface area contributed by atoms with Crippen LogP contribution in [0.1, 0.15) is 58.8 Å². The second-order valence-corrected chi connectivity index (χ2v) is 8.19. The van der Waals surface area contributed by atoms with Crippen LogP contribution in [-0.4, -0.2) is 44.3 Å². The third-order valence-electron chi connectivity index (χ3n) is 4.17. The Kier molecular flexibility index (Phi) is 11.6.